The first kappa shape index (κ1) is 24.6. The highest BCUT2D eigenvalue weighted by Crippen LogP contribution is 2.24. The molecule has 4 rings (SSSR count). The Kier molecular flexibility index (Phi) is 7.92. The lowest BCUT2D eigenvalue weighted by Crippen LogP contribution is -2.40. The fourth-order valence-electron chi connectivity index (χ4n) is 4.27. The zero-order valence-corrected chi connectivity index (χ0v) is 20.6. The third-order valence-electron chi connectivity index (χ3n) is 6.19. The Balaban J connectivity index is 1.37. The molecule has 0 radical (unpaired) electrons. The fourth-order valence-corrected chi connectivity index (χ4v) is 4.27. The molecule has 184 valence electrons. The van der Waals surface area contributed by atoms with Gasteiger partial charge in [0.1, 0.15) is 0 Å². The van der Waals surface area contributed by atoms with Gasteiger partial charge in [0, 0.05) is 18.7 Å². The number of benzene rings is 2. The lowest BCUT2D eigenvalue weighted by atomic mass is 9.96. The van der Waals surface area contributed by atoms with Gasteiger partial charge in [-0.3, -0.25) is 14.5 Å². The summed E-state index contributed by atoms with van der Waals surface area (Å²) in [4.78, 5) is 32.5. The molecule has 1 saturated heterocycles. The monoisotopic (exact) mass is 475 g/mol. The Morgan fingerprint density at radius 1 is 1.14 bits per heavy atom. The van der Waals surface area contributed by atoms with Crippen molar-refractivity contribution in [3.8, 4) is 11.4 Å². The molecule has 35 heavy (non-hydrogen) atoms. The van der Waals surface area contributed by atoms with Gasteiger partial charge in [0.2, 0.25) is 17.6 Å². The summed E-state index contributed by atoms with van der Waals surface area (Å²) in [5, 5.41) is 10.1. The Bertz CT molecular complexity index is 1170. The summed E-state index contributed by atoms with van der Waals surface area (Å²) < 4.78 is 5.50. The zero-order chi connectivity index (χ0) is 24.8. The van der Waals surface area contributed by atoms with Crippen molar-refractivity contribution in [2.75, 3.05) is 25.0 Å². The molecular weight excluding hydrogens is 442 g/mol. The number of amides is 2. The van der Waals surface area contributed by atoms with Crippen LogP contribution in [0.25, 0.3) is 11.4 Å². The molecule has 2 amide bonds. The second-order valence-corrected chi connectivity index (χ2v) is 9.54. The average molecular weight is 476 g/mol. The molecule has 2 heterocycles. The van der Waals surface area contributed by atoms with E-state index >= 15 is 0 Å². The highest BCUT2D eigenvalue weighted by Gasteiger charge is 2.28. The van der Waals surface area contributed by atoms with Crippen molar-refractivity contribution in [3.05, 3.63) is 65.5 Å². The largest absolute Gasteiger partial charge is 0.352 e. The van der Waals surface area contributed by atoms with E-state index in [0.717, 1.165) is 30.5 Å². The molecule has 0 saturated carbocycles. The number of aromatic nitrogens is 2. The van der Waals surface area contributed by atoms with Crippen molar-refractivity contribution in [2.45, 2.75) is 40.2 Å². The Morgan fingerprint density at radius 2 is 1.91 bits per heavy atom. The summed E-state index contributed by atoms with van der Waals surface area (Å²) in [5.41, 5.74) is 3.06. The number of hydrogen-bond acceptors (Lipinski definition) is 6. The Morgan fingerprint density at radius 3 is 2.71 bits per heavy atom. The van der Waals surface area contributed by atoms with E-state index in [2.05, 4.69) is 25.7 Å². The first-order chi connectivity index (χ1) is 16.9. The number of carbonyl (C=O) groups excluding carboxylic acids is 2. The predicted octanol–water partition coefficient (Wildman–Crippen LogP) is 4.28. The molecule has 1 fully saturated rings. The molecule has 2 aromatic carbocycles. The highest BCUT2D eigenvalue weighted by atomic mass is 16.5. The number of nitrogens with one attached hydrogen (secondary N) is 2. The summed E-state index contributed by atoms with van der Waals surface area (Å²) in [6, 6.07) is 15.1. The third kappa shape index (κ3) is 6.33. The maximum atomic E-state index is 13.1. The molecule has 2 N–H and O–H groups in total. The molecule has 0 aliphatic carbocycles. The van der Waals surface area contributed by atoms with Gasteiger partial charge in [-0.05, 0) is 49.9 Å². The number of rotatable bonds is 8. The summed E-state index contributed by atoms with van der Waals surface area (Å²) >= 11 is 0. The molecular formula is C27H33N5O3. The first-order valence-electron chi connectivity index (χ1n) is 12.2. The quantitative estimate of drug-likeness (QED) is 0.504. The minimum atomic E-state index is -0.186. The molecule has 0 spiro atoms. The molecule has 1 aliphatic rings. The van der Waals surface area contributed by atoms with E-state index in [1.807, 2.05) is 51.1 Å². The standard InChI is InChI=1S/C27H33N5O3/c1-18(2)15-28-27(34)22-12-6-7-13-23(22)29-26(33)20-10-8-14-32(16-20)17-24-30-25(31-35-24)21-11-5-4-9-19(21)3/h4-7,9,11-13,18,20H,8,10,14-17H2,1-3H3,(H,28,34)(H,29,33). The molecule has 3 aromatic rings. The van der Waals surface area contributed by atoms with Gasteiger partial charge in [0.15, 0.2) is 0 Å². The third-order valence-corrected chi connectivity index (χ3v) is 6.19. The van der Waals surface area contributed by atoms with Crippen LogP contribution in [0.5, 0.6) is 0 Å². The zero-order valence-electron chi connectivity index (χ0n) is 20.6. The van der Waals surface area contributed by atoms with Crippen LogP contribution in [0.4, 0.5) is 5.69 Å². The van der Waals surface area contributed by atoms with Gasteiger partial charge in [-0.1, -0.05) is 55.4 Å². The lowest BCUT2D eigenvalue weighted by molar-refractivity contribution is -0.121. The van der Waals surface area contributed by atoms with Crippen LogP contribution in [0.3, 0.4) is 0 Å². The van der Waals surface area contributed by atoms with Crippen LogP contribution in [0.15, 0.2) is 53.1 Å². The normalized spacial score (nSPS) is 16.3. The summed E-state index contributed by atoms with van der Waals surface area (Å²) in [7, 11) is 0. The van der Waals surface area contributed by atoms with Crippen LogP contribution < -0.4 is 10.6 Å². The minimum absolute atomic E-state index is 0.0788. The number of piperidine rings is 1. The molecule has 1 unspecified atom stereocenters. The van der Waals surface area contributed by atoms with Crippen LogP contribution in [0.2, 0.25) is 0 Å². The van der Waals surface area contributed by atoms with E-state index in [-0.39, 0.29) is 17.7 Å². The van der Waals surface area contributed by atoms with Crippen molar-refractivity contribution in [2.24, 2.45) is 11.8 Å². The van der Waals surface area contributed by atoms with Crippen molar-refractivity contribution in [1.29, 1.82) is 0 Å². The van der Waals surface area contributed by atoms with E-state index in [4.69, 9.17) is 4.52 Å². The van der Waals surface area contributed by atoms with Crippen LogP contribution in [0, 0.1) is 18.8 Å². The van der Waals surface area contributed by atoms with Gasteiger partial charge in [-0.15, -0.1) is 0 Å². The molecule has 1 aliphatic heterocycles. The summed E-state index contributed by atoms with van der Waals surface area (Å²) in [5.74, 6) is 1.02. The number of anilines is 1. The van der Waals surface area contributed by atoms with Crippen molar-refractivity contribution < 1.29 is 14.1 Å². The maximum Gasteiger partial charge on any atom is 0.253 e. The minimum Gasteiger partial charge on any atom is -0.352 e. The van der Waals surface area contributed by atoms with Gasteiger partial charge < -0.3 is 15.2 Å². The fraction of sp³-hybridized carbons (Fsp3) is 0.407. The van der Waals surface area contributed by atoms with Gasteiger partial charge >= 0.3 is 0 Å². The van der Waals surface area contributed by atoms with Crippen LogP contribution in [-0.4, -0.2) is 46.5 Å². The number of para-hydroxylation sites is 1. The van der Waals surface area contributed by atoms with E-state index < -0.39 is 0 Å². The van der Waals surface area contributed by atoms with Crippen LogP contribution in [-0.2, 0) is 11.3 Å². The highest BCUT2D eigenvalue weighted by molar-refractivity contribution is 6.04. The van der Waals surface area contributed by atoms with Crippen molar-refractivity contribution in [3.63, 3.8) is 0 Å². The van der Waals surface area contributed by atoms with E-state index in [0.29, 0.717) is 48.5 Å². The number of nitrogens with zero attached hydrogens (tertiary/aromatic N) is 3. The van der Waals surface area contributed by atoms with Gasteiger partial charge in [-0.25, -0.2) is 0 Å². The Hall–Kier alpha value is -3.52. The Labute approximate surface area is 206 Å². The van der Waals surface area contributed by atoms with Crippen LogP contribution >= 0.6 is 0 Å². The number of likely N-dealkylation sites (tertiary alicyclic amines) is 1. The van der Waals surface area contributed by atoms with Crippen LogP contribution in [0.1, 0.15) is 48.5 Å². The molecule has 8 heteroatoms. The topological polar surface area (TPSA) is 100 Å². The van der Waals surface area contributed by atoms with Crippen molar-refractivity contribution >= 4 is 17.5 Å². The number of hydrogen-bond donors (Lipinski definition) is 2. The van der Waals surface area contributed by atoms with E-state index in [9.17, 15) is 9.59 Å². The van der Waals surface area contributed by atoms with E-state index in [1.54, 1.807) is 18.2 Å². The maximum absolute atomic E-state index is 13.1. The summed E-state index contributed by atoms with van der Waals surface area (Å²) in [6.07, 6.45) is 1.69. The SMILES string of the molecule is Cc1ccccc1-c1noc(CN2CCCC(C(=O)Nc3ccccc3C(=O)NCC(C)C)C2)n1. The first-order valence-corrected chi connectivity index (χ1v) is 12.2. The lowest BCUT2D eigenvalue weighted by Gasteiger charge is -2.31. The van der Waals surface area contributed by atoms with Gasteiger partial charge in [-0.2, -0.15) is 4.98 Å². The second-order valence-electron chi connectivity index (χ2n) is 9.54. The molecule has 1 aromatic heterocycles. The van der Waals surface area contributed by atoms with Gasteiger partial charge in [0.05, 0.1) is 23.7 Å². The molecule has 1 atom stereocenters. The molecule has 0 bridgehead atoms. The number of aryl methyl sites for hydroxylation is 1. The van der Waals surface area contributed by atoms with Gasteiger partial charge in [0.25, 0.3) is 5.91 Å². The number of carbonyl (C=O) groups is 2. The smallest absolute Gasteiger partial charge is 0.253 e. The predicted molar refractivity (Wildman–Crippen MR) is 135 cm³/mol. The average Bonchev–Trinajstić information content (AvgIpc) is 3.31. The second kappa shape index (κ2) is 11.3. The summed E-state index contributed by atoms with van der Waals surface area (Å²) in [6.45, 7) is 8.64. The molecule has 8 nitrogen and oxygen atoms in total. The van der Waals surface area contributed by atoms with E-state index in [1.165, 1.54) is 0 Å². The van der Waals surface area contributed by atoms with Crippen molar-refractivity contribution in [1.82, 2.24) is 20.4 Å².